The van der Waals surface area contributed by atoms with Crippen LogP contribution in [0.15, 0.2) is 18.5 Å². The van der Waals surface area contributed by atoms with E-state index >= 15 is 0 Å². The summed E-state index contributed by atoms with van der Waals surface area (Å²) in [6.07, 6.45) is 4.80. The molecule has 2 rings (SSSR count). The normalized spacial score (nSPS) is 12.0. The Morgan fingerprint density at radius 1 is 1.37 bits per heavy atom. The lowest BCUT2D eigenvalue weighted by molar-refractivity contribution is 0.462. The van der Waals surface area contributed by atoms with Crippen LogP contribution in [0.5, 0.6) is 0 Å². The van der Waals surface area contributed by atoms with Crippen molar-refractivity contribution >= 4 is 18.1 Å². The number of nitrogens with zero attached hydrogens (tertiary/aromatic N) is 4. The Morgan fingerprint density at radius 2 is 2.11 bits per heavy atom. The van der Waals surface area contributed by atoms with Crippen molar-refractivity contribution in [3.8, 4) is 0 Å². The summed E-state index contributed by atoms with van der Waals surface area (Å²) in [7, 11) is 1.95. The van der Waals surface area contributed by atoms with Gasteiger partial charge in [0.25, 0.3) is 0 Å². The molecule has 1 atom stereocenters. The lowest BCUT2D eigenvalue weighted by atomic mass is 10.2. The molecule has 0 spiro atoms. The predicted octanol–water partition coefficient (Wildman–Crippen LogP) is 2.93. The van der Waals surface area contributed by atoms with Crippen LogP contribution >= 0.6 is 12.4 Å². The van der Waals surface area contributed by atoms with Gasteiger partial charge in [0.2, 0.25) is 0 Å². The molecule has 0 aromatic carbocycles. The smallest absolute Gasteiger partial charge is 0.0759 e. The Morgan fingerprint density at radius 3 is 2.68 bits per heavy atom. The average molecular weight is 284 g/mol. The highest BCUT2D eigenvalue weighted by molar-refractivity contribution is 5.85. The van der Waals surface area contributed by atoms with E-state index in [2.05, 4.69) is 47.0 Å². The van der Waals surface area contributed by atoms with Gasteiger partial charge in [0.1, 0.15) is 0 Å². The lowest BCUT2D eigenvalue weighted by Crippen LogP contribution is -2.12. The molecule has 2 aromatic heterocycles. The van der Waals surface area contributed by atoms with Crippen LogP contribution in [0.1, 0.15) is 37.7 Å². The average Bonchev–Trinajstić information content (AvgIpc) is 2.95. The van der Waals surface area contributed by atoms with E-state index in [1.54, 1.807) is 0 Å². The fraction of sp³-hybridized carbons (Fsp3) is 0.538. The maximum absolute atomic E-state index is 4.38. The van der Waals surface area contributed by atoms with Crippen molar-refractivity contribution in [2.75, 3.05) is 5.32 Å². The van der Waals surface area contributed by atoms with Crippen LogP contribution in [0.25, 0.3) is 0 Å². The Labute approximate surface area is 120 Å². The zero-order valence-corrected chi connectivity index (χ0v) is 12.7. The van der Waals surface area contributed by atoms with E-state index in [-0.39, 0.29) is 12.4 Å². The van der Waals surface area contributed by atoms with Gasteiger partial charge >= 0.3 is 0 Å². The van der Waals surface area contributed by atoms with Gasteiger partial charge in [-0.05, 0) is 26.3 Å². The summed E-state index contributed by atoms with van der Waals surface area (Å²) in [4.78, 5) is 0. The van der Waals surface area contributed by atoms with E-state index in [0.29, 0.717) is 6.04 Å². The van der Waals surface area contributed by atoms with Crippen molar-refractivity contribution in [1.82, 2.24) is 19.6 Å². The van der Waals surface area contributed by atoms with Gasteiger partial charge in [-0.1, -0.05) is 6.92 Å². The molecule has 0 aliphatic carbocycles. The fourth-order valence-electron chi connectivity index (χ4n) is 1.91. The van der Waals surface area contributed by atoms with Gasteiger partial charge in [-0.25, -0.2) is 0 Å². The molecule has 106 valence electrons. The summed E-state index contributed by atoms with van der Waals surface area (Å²) in [5.41, 5.74) is 3.42. The maximum atomic E-state index is 4.38. The standard InChI is InChI=1S/C13H21N5.ClH/c1-5-10(2)18-12(6-7-15-18)8-14-13-9-16-17(4)11(13)3;/h6-7,9-10,14H,5,8H2,1-4H3;1H. The lowest BCUT2D eigenvalue weighted by Gasteiger charge is -2.14. The molecule has 19 heavy (non-hydrogen) atoms. The molecule has 5 nitrogen and oxygen atoms in total. The van der Waals surface area contributed by atoms with Crippen LogP contribution in [0, 0.1) is 6.92 Å². The van der Waals surface area contributed by atoms with E-state index in [1.807, 2.05) is 24.1 Å². The second-order valence-electron chi connectivity index (χ2n) is 4.65. The summed E-state index contributed by atoms with van der Waals surface area (Å²) in [5, 5.41) is 12.0. The molecular formula is C13H22ClN5. The molecule has 0 amide bonds. The first-order valence-electron chi connectivity index (χ1n) is 6.38. The first-order valence-corrected chi connectivity index (χ1v) is 6.38. The molecule has 0 fully saturated rings. The van der Waals surface area contributed by atoms with Gasteiger partial charge in [0.05, 0.1) is 29.8 Å². The zero-order valence-electron chi connectivity index (χ0n) is 11.9. The molecule has 2 aromatic rings. The quantitative estimate of drug-likeness (QED) is 0.918. The molecule has 1 N–H and O–H groups in total. The number of aromatic nitrogens is 4. The van der Waals surface area contributed by atoms with Crippen molar-refractivity contribution in [3.63, 3.8) is 0 Å². The maximum Gasteiger partial charge on any atom is 0.0759 e. The summed E-state index contributed by atoms with van der Waals surface area (Å²) in [6.45, 7) is 7.19. The van der Waals surface area contributed by atoms with Gasteiger partial charge < -0.3 is 5.32 Å². The van der Waals surface area contributed by atoms with E-state index < -0.39 is 0 Å². The first-order chi connectivity index (χ1) is 8.63. The molecule has 6 heteroatoms. The minimum absolute atomic E-state index is 0. The Balaban J connectivity index is 0.00000180. The monoisotopic (exact) mass is 283 g/mol. The van der Waals surface area contributed by atoms with Crippen molar-refractivity contribution in [2.24, 2.45) is 7.05 Å². The summed E-state index contributed by atoms with van der Waals surface area (Å²) in [5.74, 6) is 0. The fourth-order valence-corrected chi connectivity index (χ4v) is 1.91. The number of halogens is 1. The largest absolute Gasteiger partial charge is 0.377 e. The van der Waals surface area contributed by atoms with Crippen LogP contribution < -0.4 is 5.32 Å². The highest BCUT2D eigenvalue weighted by Crippen LogP contribution is 2.16. The molecule has 0 saturated carbocycles. The van der Waals surface area contributed by atoms with Crippen molar-refractivity contribution in [1.29, 1.82) is 0 Å². The van der Waals surface area contributed by atoms with Crippen molar-refractivity contribution < 1.29 is 0 Å². The topological polar surface area (TPSA) is 47.7 Å². The SMILES string of the molecule is CCC(C)n1nccc1CNc1cnn(C)c1C.Cl. The van der Waals surface area contributed by atoms with Gasteiger partial charge in [-0.15, -0.1) is 12.4 Å². The van der Waals surface area contributed by atoms with Gasteiger partial charge in [-0.3, -0.25) is 9.36 Å². The number of hydrogen-bond acceptors (Lipinski definition) is 3. The van der Waals surface area contributed by atoms with Crippen LogP contribution in [0.2, 0.25) is 0 Å². The number of hydrogen-bond donors (Lipinski definition) is 1. The molecule has 0 bridgehead atoms. The van der Waals surface area contributed by atoms with Crippen molar-refractivity contribution in [2.45, 2.75) is 39.8 Å². The summed E-state index contributed by atoms with van der Waals surface area (Å²) >= 11 is 0. The molecule has 0 aliphatic heterocycles. The first kappa shape index (κ1) is 15.6. The molecular weight excluding hydrogens is 262 g/mol. The van der Waals surface area contributed by atoms with Gasteiger partial charge in [0, 0.05) is 19.3 Å². The summed E-state index contributed by atoms with van der Waals surface area (Å²) < 4.78 is 3.95. The molecule has 0 saturated heterocycles. The van der Waals surface area contributed by atoms with E-state index in [4.69, 9.17) is 0 Å². The van der Waals surface area contributed by atoms with E-state index in [0.717, 1.165) is 24.3 Å². The van der Waals surface area contributed by atoms with E-state index in [1.165, 1.54) is 5.69 Å². The van der Waals surface area contributed by atoms with Crippen LogP contribution in [0.4, 0.5) is 5.69 Å². The van der Waals surface area contributed by atoms with Gasteiger partial charge in [-0.2, -0.15) is 10.2 Å². The zero-order chi connectivity index (χ0) is 13.1. The molecule has 0 aliphatic rings. The third kappa shape index (κ3) is 3.29. The van der Waals surface area contributed by atoms with Gasteiger partial charge in [0.15, 0.2) is 0 Å². The number of rotatable bonds is 5. The minimum Gasteiger partial charge on any atom is -0.377 e. The molecule has 2 heterocycles. The Bertz CT molecular complexity index is 517. The highest BCUT2D eigenvalue weighted by Gasteiger charge is 2.09. The molecule has 1 unspecified atom stereocenters. The third-order valence-corrected chi connectivity index (χ3v) is 3.46. The van der Waals surface area contributed by atoms with E-state index in [9.17, 15) is 0 Å². The highest BCUT2D eigenvalue weighted by atomic mass is 35.5. The van der Waals surface area contributed by atoms with Crippen LogP contribution in [-0.2, 0) is 13.6 Å². The second-order valence-corrected chi connectivity index (χ2v) is 4.65. The van der Waals surface area contributed by atoms with Crippen LogP contribution in [0.3, 0.4) is 0 Å². The second kappa shape index (κ2) is 6.61. The minimum atomic E-state index is 0. The number of nitrogens with one attached hydrogen (secondary N) is 1. The predicted molar refractivity (Wildman–Crippen MR) is 79.7 cm³/mol. The van der Waals surface area contributed by atoms with Crippen LogP contribution in [-0.4, -0.2) is 19.6 Å². The Kier molecular flexibility index (Phi) is 5.42. The Hall–Kier alpha value is -1.49. The molecule has 0 radical (unpaired) electrons. The number of aryl methyl sites for hydroxylation is 1. The summed E-state index contributed by atoms with van der Waals surface area (Å²) in [6, 6.07) is 2.50. The number of anilines is 1. The van der Waals surface area contributed by atoms with Crippen molar-refractivity contribution in [3.05, 3.63) is 29.8 Å². The third-order valence-electron chi connectivity index (χ3n) is 3.46.